The SMILES string of the molecule is Cc1c(C(=O)Nc2ccc(N=Nc3ccccc3)cc2)oc2c1C(=NNC(=O)c1ccc(Cl)cc1Cl)CCC2. The topological polar surface area (TPSA) is 108 Å². The normalized spacial score (nSPS) is 13.9. The quantitative estimate of drug-likeness (QED) is 0.184. The van der Waals surface area contributed by atoms with Gasteiger partial charge in [0.2, 0.25) is 0 Å². The molecule has 1 aliphatic carbocycles. The summed E-state index contributed by atoms with van der Waals surface area (Å²) in [5.74, 6) is 0.0339. The van der Waals surface area contributed by atoms with Crippen molar-refractivity contribution >= 4 is 57.8 Å². The highest BCUT2D eigenvalue weighted by molar-refractivity contribution is 6.36. The lowest BCUT2D eigenvalue weighted by molar-refractivity contribution is 0.0953. The van der Waals surface area contributed by atoms with Crippen LogP contribution in [0.15, 0.2) is 92.5 Å². The number of benzene rings is 3. The summed E-state index contributed by atoms with van der Waals surface area (Å²) in [4.78, 5) is 25.7. The predicted molar refractivity (Wildman–Crippen MR) is 152 cm³/mol. The summed E-state index contributed by atoms with van der Waals surface area (Å²) >= 11 is 12.1. The van der Waals surface area contributed by atoms with E-state index < -0.39 is 5.91 Å². The Morgan fingerprint density at radius 2 is 1.59 bits per heavy atom. The number of hydrogen-bond acceptors (Lipinski definition) is 6. The molecule has 39 heavy (non-hydrogen) atoms. The largest absolute Gasteiger partial charge is 0.455 e. The van der Waals surface area contributed by atoms with Crippen molar-refractivity contribution in [1.29, 1.82) is 0 Å². The third-order valence-corrected chi connectivity index (χ3v) is 6.71. The molecule has 0 radical (unpaired) electrons. The van der Waals surface area contributed by atoms with Gasteiger partial charge in [0.25, 0.3) is 11.8 Å². The molecule has 3 aromatic carbocycles. The first-order chi connectivity index (χ1) is 18.9. The van der Waals surface area contributed by atoms with Crippen molar-refractivity contribution in [2.45, 2.75) is 26.2 Å². The molecule has 2 amide bonds. The van der Waals surface area contributed by atoms with Crippen molar-refractivity contribution in [3.8, 4) is 0 Å². The van der Waals surface area contributed by atoms with Crippen LogP contribution in [0.5, 0.6) is 0 Å². The number of rotatable bonds is 6. The Balaban J connectivity index is 1.29. The zero-order valence-electron chi connectivity index (χ0n) is 20.9. The number of azo groups is 1. The summed E-state index contributed by atoms with van der Waals surface area (Å²) in [6, 6.07) is 21.1. The maximum Gasteiger partial charge on any atom is 0.291 e. The first-order valence-corrected chi connectivity index (χ1v) is 13.0. The molecule has 0 unspecified atom stereocenters. The number of furan rings is 1. The number of anilines is 1. The fraction of sp³-hybridized carbons (Fsp3) is 0.138. The maximum atomic E-state index is 13.1. The van der Waals surface area contributed by atoms with Crippen molar-refractivity contribution in [1.82, 2.24) is 5.43 Å². The standard InChI is InChI=1S/C29H23Cl2N5O3/c1-17-26-24(35-36-28(37)22-15-10-18(30)16-23(22)31)8-5-9-25(26)39-27(17)29(38)32-19-11-13-21(14-12-19)34-33-20-6-3-2-4-7-20/h2-4,6-7,10-16H,5,8-9H2,1H3,(H,32,38)(H,36,37). The van der Waals surface area contributed by atoms with E-state index in [-0.39, 0.29) is 22.3 Å². The van der Waals surface area contributed by atoms with Gasteiger partial charge in [-0.15, -0.1) is 0 Å². The third kappa shape index (κ3) is 6.08. The number of halogens is 2. The molecule has 4 aromatic rings. The Labute approximate surface area is 234 Å². The van der Waals surface area contributed by atoms with E-state index in [1.165, 1.54) is 12.1 Å². The van der Waals surface area contributed by atoms with Gasteiger partial charge in [-0.3, -0.25) is 9.59 Å². The molecule has 1 heterocycles. The summed E-state index contributed by atoms with van der Waals surface area (Å²) in [5, 5.41) is 16.3. The van der Waals surface area contributed by atoms with E-state index in [9.17, 15) is 9.59 Å². The van der Waals surface area contributed by atoms with Gasteiger partial charge in [0.15, 0.2) is 5.76 Å². The fourth-order valence-corrected chi connectivity index (χ4v) is 4.75. The van der Waals surface area contributed by atoms with Crippen LogP contribution in [0.4, 0.5) is 17.1 Å². The average Bonchev–Trinajstić information content (AvgIpc) is 3.29. The zero-order chi connectivity index (χ0) is 27.4. The molecule has 0 aliphatic heterocycles. The summed E-state index contributed by atoms with van der Waals surface area (Å²) in [6.45, 7) is 1.81. The summed E-state index contributed by atoms with van der Waals surface area (Å²) in [7, 11) is 0. The van der Waals surface area contributed by atoms with Gasteiger partial charge in [-0.1, -0.05) is 41.4 Å². The fourth-order valence-electron chi connectivity index (χ4n) is 4.26. The molecule has 0 saturated carbocycles. The molecule has 196 valence electrons. The van der Waals surface area contributed by atoms with Crippen LogP contribution in [-0.4, -0.2) is 17.5 Å². The Hall–Kier alpha value is -4.27. The second-order valence-electron chi connectivity index (χ2n) is 8.87. The van der Waals surface area contributed by atoms with Crippen LogP contribution in [0.3, 0.4) is 0 Å². The number of aryl methyl sites for hydroxylation is 1. The third-order valence-electron chi connectivity index (χ3n) is 6.16. The van der Waals surface area contributed by atoms with Crippen LogP contribution < -0.4 is 10.7 Å². The van der Waals surface area contributed by atoms with Crippen LogP contribution >= 0.6 is 23.2 Å². The molecule has 1 aromatic heterocycles. The van der Waals surface area contributed by atoms with E-state index in [1.807, 2.05) is 37.3 Å². The number of fused-ring (bicyclic) bond motifs is 1. The lowest BCUT2D eigenvalue weighted by atomic mass is 9.93. The molecule has 0 spiro atoms. The summed E-state index contributed by atoms with van der Waals surface area (Å²) < 4.78 is 5.96. The number of nitrogens with zero attached hydrogens (tertiary/aromatic N) is 3. The lowest BCUT2D eigenvalue weighted by Gasteiger charge is -2.13. The summed E-state index contributed by atoms with van der Waals surface area (Å²) in [6.07, 6.45) is 2.07. The van der Waals surface area contributed by atoms with Gasteiger partial charge in [-0.2, -0.15) is 15.3 Å². The number of hydrazone groups is 1. The Bertz CT molecular complexity index is 1600. The van der Waals surface area contributed by atoms with Crippen molar-refractivity contribution in [3.05, 3.63) is 111 Å². The average molecular weight is 560 g/mol. The minimum atomic E-state index is -0.456. The minimum absolute atomic E-state index is 0.203. The second kappa shape index (κ2) is 11.6. The molecule has 5 rings (SSSR count). The zero-order valence-corrected chi connectivity index (χ0v) is 22.4. The van der Waals surface area contributed by atoms with E-state index in [4.69, 9.17) is 27.6 Å². The molecular weight excluding hydrogens is 537 g/mol. The van der Waals surface area contributed by atoms with Crippen LogP contribution in [0.1, 0.15) is 50.6 Å². The monoisotopic (exact) mass is 559 g/mol. The first-order valence-electron chi connectivity index (χ1n) is 12.2. The van der Waals surface area contributed by atoms with Gasteiger partial charge in [0.05, 0.1) is 27.7 Å². The number of hydrogen-bond donors (Lipinski definition) is 2. The van der Waals surface area contributed by atoms with Gasteiger partial charge in [0.1, 0.15) is 5.76 Å². The smallest absolute Gasteiger partial charge is 0.291 e. The van der Waals surface area contributed by atoms with E-state index in [0.717, 1.165) is 17.7 Å². The van der Waals surface area contributed by atoms with Gasteiger partial charge in [-0.05, 0) is 74.4 Å². The second-order valence-corrected chi connectivity index (χ2v) is 9.71. The molecule has 0 bridgehead atoms. The highest BCUT2D eigenvalue weighted by Crippen LogP contribution is 2.31. The minimum Gasteiger partial charge on any atom is -0.455 e. The molecule has 8 nitrogen and oxygen atoms in total. The molecule has 0 atom stereocenters. The maximum absolute atomic E-state index is 13.1. The van der Waals surface area contributed by atoms with E-state index >= 15 is 0 Å². The van der Waals surface area contributed by atoms with Crippen LogP contribution in [0, 0.1) is 6.92 Å². The van der Waals surface area contributed by atoms with Crippen LogP contribution in [0.25, 0.3) is 0 Å². The van der Waals surface area contributed by atoms with Crippen molar-refractivity contribution in [2.24, 2.45) is 15.3 Å². The first kappa shape index (κ1) is 26.3. The number of carbonyl (C=O) groups excluding carboxylic acids is 2. The predicted octanol–water partition coefficient (Wildman–Crippen LogP) is 8.03. The van der Waals surface area contributed by atoms with Gasteiger partial charge < -0.3 is 9.73 Å². The van der Waals surface area contributed by atoms with Gasteiger partial charge in [-0.25, -0.2) is 5.43 Å². The number of carbonyl (C=O) groups is 2. The van der Waals surface area contributed by atoms with Crippen molar-refractivity contribution < 1.29 is 14.0 Å². The number of amides is 2. The summed E-state index contributed by atoms with van der Waals surface area (Å²) in [5.41, 5.74) is 6.87. The Morgan fingerprint density at radius 3 is 2.31 bits per heavy atom. The highest BCUT2D eigenvalue weighted by Gasteiger charge is 2.28. The van der Waals surface area contributed by atoms with Crippen molar-refractivity contribution in [3.63, 3.8) is 0 Å². The Kier molecular flexibility index (Phi) is 7.86. The molecule has 2 N–H and O–H groups in total. The Morgan fingerprint density at radius 1 is 0.872 bits per heavy atom. The molecular formula is C29H23Cl2N5O3. The lowest BCUT2D eigenvalue weighted by Crippen LogP contribution is -2.22. The number of nitrogens with one attached hydrogen (secondary N) is 2. The highest BCUT2D eigenvalue weighted by atomic mass is 35.5. The molecule has 0 saturated heterocycles. The van der Waals surface area contributed by atoms with E-state index in [2.05, 4.69) is 26.1 Å². The van der Waals surface area contributed by atoms with E-state index in [0.29, 0.717) is 46.3 Å². The van der Waals surface area contributed by atoms with Crippen molar-refractivity contribution in [2.75, 3.05) is 5.32 Å². The van der Waals surface area contributed by atoms with E-state index in [1.54, 1.807) is 30.3 Å². The van der Waals surface area contributed by atoms with Crippen LogP contribution in [-0.2, 0) is 6.42 Å². The van der Waals surface area contributed by atoms with Crippen LogP contribution in [0.2, 0.25) is 10.0 Å². The molecule has 10 heteroatoms. The molecule has 0 fully saturated rings. The molecule has 1 aliphatic rings. The van der Waals surface area contributed by atoms with Gasteiger partial charge in [0, 0.05) is 28.3 Å². The van der Waals surface area contributed by atoms with Gasteiger partial charge >= 0.3 is 0 Å².